The van der Waals surface area contributed by atoms with Crippen LogP contribution in [0.4, 0.5) is 0 Å². The zero-order valence-electron chi connectivity index (χ0n) is 10.6. The lowest BCUT2D eigenvalue weighted by atomic mass is 10.1. The van der Waals surface area contributed by atoms with E-state index in [1.165, 1.54) is 5.56 Å². The molecule has 1 unspecified atom stereocenters. The molecule has 0 bridgehead atoms. The Balaban J connectivity index is 1.96. The molecule has 3 heteroatoms. The van der Waals surface area contributed by atoms with Crippen molar-refractivity contribution >= 4 is 0 Å². The summed E-state index contributed by atoms with van der Waals surface area (Å²) in [6.45, 7) is 8.07. The summed E-state index contributed by atoms with van der Waals surface area (Å²) in [7, 11) is 0. The molecule has 1 aromatic rings. The van der Waals surface area contributed by atoms with Crippen molar-refractivity contribution in [1.29, 1.82) is 0 Å². The standard InChI is InChI=1S/C14H22N2O/c1-2-15-14(13-6-4-3-5-7-13)12-16-8-10-17-11-9-16/h3-7,14-15H,2,8-12H2,1H3. The fourth-order valence-corrected chi connectivity index (χ4v) is 2.26. The molecule has 0 radical (unpaired) electrons. The van der Waals surface area contributed by atoms with Gasteiger partial charge in [0, 0.05) is 25.7 Å². The quantitative estimate of drug-likeness (QED) is 0.838. The number of nitrogens with zero attached hydrogens (tertiary/aromatic N) is 1. The van der Waals surface area contributed by atoms with E-state index in [1.807, 2.05) is 0 Å². The Bertz CT molecular complexity index is 309. The second-order valence-corrected chi connectivity index (χ2v) is 4.43. The van der Waals surface area contributed by atoms with E-state index in [9.17, 15) is 0 Å². The summed E-state index contributed by atoms with van der Waals surface area (Å²) >= 11 is 0. The SMILES string of the molecule is CCNC(CN1CCOCC1)c1ccccc1. The summed E-state index contributed by atoms with van der Waals surface area (Å²) in [6.07, 6.45) is 0. The molecule has 0 saturated carbocycles. The van der Waals surface area contributed by atoms with E-state index in [0.717, 1.165) is 39.4 Å². The second-order valence-electron chi connectivity index (χ2n) is 4.43. The molecule has 17 heavy (non-hydrogen) atoms. The Morgan fingerprint density at radius 3 is 2.59 bits per heavy atom. The number of ether oxygens (including phenoxy) is 1. The molecule has 1 atom stereocenters. The van der Waals surface area contributed by atoms with Crippen molar-refractivity contribution in [2.24, 2.45) is 0 Å². The zero-order valence-corrected chi connectivity index (χ0v) is 10.6. The van der Waals surface area contributed by atoms with E-state index in [0.29, 0.717) is 6.04 Å². The summed E-state index contributed by atoms with van der Waals surface area (Å²) in [4.78, 5) is 2.48. The molecule has 94 valence electrons. The van der Waals surface area contributed by atoms with Crippen LogP contribution in [-0.4, -0.2) is 44.3 Å². The van der Waals surface area contributed by atoms with Gasteiger partial charge in [-0.1, -0.05) is 37.3 Å². The minimum atomic E-state index is 0.430. The highest BCUT2D eigenvalue weighted by molar-refractivity contribution is 5.19. The smallest absolute Gasteiger partial charge is 0.0594 e. The lowest BCUT2D eigenvalue weighted by molar-refractivity contribution is 0.0335. The first-order chi connectivity index (χ1) is 8.40. The van der Waals surface area contributed by atoms with Gasteiger partial charge in [0.25, 0.3) is 0 Å². The van der Waals surface area contributed by atoms with Crippen LogP contribution in [0.15, 0.2) is 30.3 Å². The zero-order chi connectivity index (χ0) is 11.9. The highest BCUT2D eigenvalue weighted by Gasteiger charge is 2.17. The van der Waals surface area contributed by atoms with Crippen molar-refractivity contribution in [2.45, 2.75) is 13.0 Å². The third kappa shape index (κ3) is 3.80. The van der Waals surface area contributed by atoms with E-state index in [-0.39, 0.29) is 0 Å². The Hall–Kier alpha value is -0.900. The second kappa shape index (κ2) is 6.74. The number of hydrogen-bond acceptors (Lipinski definition) is 3. The maximum atomic E-state index is 5.38. The van der Waals surface area contributed by atoms with Crippen LogP contribution in [0.2, 0.25) is 0 Å². The monoisotopic (exact) mass is 234 g/mol. The molecule has 1 aliphatic rings. The first kappa shape index (κ1) is 12.6. The van der Waals surface area contributed by atoms with Gasteiger partial charge in [0.15, 0.2) is 0 Å². The van der Waals surface area contributed by atoms with Gasteiger partial charge in [-0.3, -0.25) is 4.90 Å². The molecule has 0 spiro atoms. The molecule has 0 aromatic heterocycles. The number of rotatable bonds is 5. The average molecular weight is 234 g/mol. The minimum absolute atomic E-state index is 0.430. The number of benzene rings is 1. The molecule has 3 nitrogen and oxygen atoms in total. The Morgan fingerprint density at radius 1 is 1.24 bits per heavy atom. The van der Waals surface area contributed by atoms with Crippen LogP contribution in [0.3, 0.4) is 0 Å². The molecule has 1 aliphatic heterocycles. The predicted molar refractivity (Wildman–Crippen MR) is 70.1 cm³/mol. The van der Waals surface area contributed by atoms with Crippen LogP contribution in [0, 0.1) is 0 Å². The Morgan fingerprint density at radius 2 is 1.94 bits per heavy atom. The van der Waals surface area contributed by atoms with E-state index < -0.39 is 0 Å². The van der Waals surface area contributed by atoms with Gasteiger partial charge in [-0.15, -0.1) is 0 Å². The summed E-state index contributed by atoms with van der Waals surface area (Å²) in [5.41, 5.74) is 1.38. The van der Waals surface area contributed by atoms with Crippen molar-refractivity contribution in [3.8, 4) is 0 Å². The molecule has 1 N–H and O–H groups in total. The van der Waals surface area contributed by atoms with Crippen molar-refractivity contribution in [2.75, 3.05) is 39.4 Å². The molecule has 2 rings (SSSR count). The van der Waals surface area contributed by atoms with Gasteiger partial charge in [0.05, 0.1) is 13.2 Å². The predicted octanol–water partition coefficient (Wildman–Crippen LogP) is 1.67. The van der Waals surface area contributed by atoms with E-state index >= 15 is 0 Å². The third-order valence-electron chi connectivity index (χ3n) is 3.20. The van der Waals surface area contributed by atoms with E-state index in [2.05, 4.69) is 47.5 Å². The third-order valence-corrected chi connectivity index (χ3v) is 3.20. The van der Waals surface area contributed by atoms with Crippen molar-refractivity contribution in [1.82, 2.24) is 10.2 Å². The fourth-order valence-electron chi connectivity index (χ4n) is 2.26. The average Bonchev–Trinajstić information content (AvgIpc) is 2.40. The molecule has 0 amide bonds. The van der Waals surface area contributed by atoms with Gasteiger partial charge in [-0.25, -0.2) is 0 Å². The van der Waals surface area contributed by atoms with Crippen LogP contribution in [-0.2, 0) is 4.74 Å². The topological polar surface area (TPSA) is 24.5 Å². The maximum Gasteiger partial charge on any atom is 0.0594 e. The minimum Gasteiger partial charge on any atom is -0.379 e. The van der Waals surface area contributed by atoms with Crippen molar-refractivity contribution < 1.29 is 4.74 Å². The van der Waals surface area contributed by atoms with Crippen LogP contribution in [0.25, 0.3) is 0 Å². The first-order valence-electron chi connectivity index (χ1n) is 6.48. The Labute approximate surface area is 104 Å². The summed E-state index contributed by atoms with van der Waals surface area (Å²) < 4.78 is 5.38. The number of morpholine rings is 1. The van der Waals surface area contributed by atoms with Crippen molar-refractivity contribution in [3.63, 3.8) is 0 Å². The highest BCUT2D eigenvalue weighted by Crippen LogP contribution is 2.14. The molecule has 1 fully saturated rings. The van der Waals surface area contributed by atoms with Gasteiger partial charge in [-0.05, 0) is 12.1 Å². The van der Waals surface area contributed by atoms with Gasteiger partial charge >= 0.3 is 0 Å². The van der Waals surface area contributed by atoms with E-state index in [1.54, 1.807) is 0 Å². The number of likely N-dealkylation sites (N-methyl/N-ethyl adjacent to an activating group) is 1. The van der Waals surface area contributed by atoms with E-state index in [4.69, 9.17) is 4.74 Å². The lowest BCUT2D eigenvalue weighted by Crippen LogP contribution is -2.41. The molecule has 1 aromatic carbocycles. The summed E-state index contributed by atoms with van der Waals surface area (Å²) in [6, 6.07) is 11.1. The van der Waals surface area contributed by atoms with Gasteiger partial charge in [0.1, 0.15) is 0 Å². The Kier molecular flexibility index (Phi) is 4.98. The molecule has 1 saturated heterocycles. The summed E-state index contributed by atoms with van der Waals surface area (Å²) in [5, 5.41) is 3.56. The normalized spacial score (nSPS) is 19.1. The summed E-state index contributed by atoms with van der Waals surface area (Å²) in [5.74, 6) is 0. The van der Waals surface area contributed by atoms with Crippen molar-refractivity contribution in [3.05, 3.63) is 35.9 Å². The largest absolute Gasteiger partial charge is 0.379 e. The highest BCUT2D eigenvalue weighted by atomic mass is 16.5. The number of nitrogens with one attached hydrogen (secondary N) is 1. The van der Waals surface area contributed by atoms with Crippen LogP contribution in [0.5, 0.6) is 0 Å². The fraction of sp³-hybridized carbons (Fsp3) is 0.571. The van der Waals surface area contributed by atoms with Crippen LogP contribution >= 0.6 is 0 Å². The van der Waals surface area contributed by atoms with Gasteiger partial charge in [0.2, 0.25) is 0 Å². The molecule has 1 heterocycles. The molecular weight excluding hydrogens is 212 g/mol. The van der Waals surface area contributed by atoms with Crippen LogP contribution in [0.1, 0.15) is 18.5 Å². The van der Waals surface area contributed by atoms with Crippen LogP contribution < -0.4 is 5.32 Å². The molecular formula is C14H22N2O. The van der Waals surface area contributed by atoms with Gasteiger partial charge in [-0.2, -0.15) is 0 Å². The number of hydrogen-bond donors (Lipinski definition) is 1. The lowest BCUT2D eigenvalue weighted by Gasteiger charge is -2.31. The van der Waals surface area contributed by atoms with Gasteiger partial charge < -0.3 is 10.1 Å². The first-order valence-corrected chi connectivity index (χ1v) is 6.48. The molecule has 0 aliphatic carbocycles. The maximum absolute atomic E-state index is 5.38.